The normalized spacial score (nSPS) is 16.8. The van der Waals surface area contributed by atoms with Crippen molar-refractivity contribution in [1.29, 1.82) is 0 Å². The minimum absolute atomic E-state index is 0.0267. The Balaban J connectivity index is 1.52. The van der Waals surface area contributed by atoms with E-state index in [9.17, 15) is 36.6 Å². The Labute approximate surface area is 234 Å². The standard InChI is InChI=1S/C28H32ClF5N2O4/c1-17(16-40-22-6-7-23(24(29)15-22)25(37)35(2)3)4-5-18-8-10-36(11-9-18)26(38)27(39,28(32,33)34)19-12-20(30)14-21(31)13-19/h6-7,12-15,17-18,39H,4-5,8-11,16H2,1-3H3/t17-,27?/m0/s1. The fourth-order valence-electron chi connectivity index (χ4n) is 4.67. The van der Waals surface area contributed by atoms with Gasteiger partial charge in [0.2, 0.25) is 0 Å². The zero-order chi connectivity index (χ0) is 29.8. The summed E-state index contributed by atoms with van der Waals surface area (Å²) in [6.45, 7) is 2.32. The van der Waals surface area contributed by atoms with Gasteiger partial charge in [-0.25, -0.2) is 8.78 Å². The fourth-order valence-corrected chi connectivity index (χ4v) is 4.92. The lowest BCUT2D eigenvalue weighted by Gasteiger charge is -2.38. The van der Waals surface area contributed by atoms with Crippen molar-refractivity contribution in [3.8, 4) is 5.75 Å². The van der Waals surface area contributed by atoms with Crippen LogP contribution < -0.4 is 4.74 Å². The van der Waals surface area contributed by atoms with Crippen molar-refractivity contribution in [2.24, 2.45) is 11.8 Å². The summed E-state index contributed by atoms with van der Waals surface area (Å²) in [5.74, 6) is -3.73. The maximum atomic E-state index is 13.9. The number of ether oxygens (including phenoxy) is 1. The molecule has 40 heavy (non-hydrogen) atoms. The Kier molecular flexibility index (Phi) is 10.1. The van der Waals surface area contributed by atoms with E-state index in [1.807, 2.05) is 6.92 Å². The molecule has 2 aromatic rings. The quantitative estimate of drug-likeness (QED) is 0.375. The second-order valence-electron chi connectivity index (χ2n) is 10.4. The van der Waals surface area contributed by atoms with Crippen LogP contribution in [0.3, 0.4) is 0 Å². The van der Waals surface area contributed by atoms with Gasteiger partial charge in [-0.3, -0.25) is 9.59 Å². The van der Waals surface area contributed by atoms with Gasteiger partial charge >= 0.3 is 6.18 Å². The Morgan fingerprint density at radius 1 is 1.10 bits per heavy atom. The number of likely N-dealkylation sites (tertiary alicyclic amines) is 1. The van der Waals surface area contributed by atoms with E-state index < -0.39 is 34.9 Å². The number of nitrogens with zero attached hydrogens (tertiary/aromatic N) is 2. The number of halogens is 6. The first kappa shape index (κ1) is 31.6. The van der Waals surface area contributed by atoms with Gasteiger partial charge in [0, 0.05) is 38.8 Å². The van der Waals surface area contributed by atoms with Crippen LogP contribution in [0.2, 0.25) is 5.02 Å². The third kappa shape index (κ3) is 7.23. The molecule has 1 saturated heterocycles. The van der Waals surface area contributed by atoms with Gasteiger partial charge in [-0.05, 0) is 67.9 Å². The first-order valence-corrected chi connectivity index (χ1v) is 13.2. The van der Waals surface area contributed by atoms with E-state index in [2.05, 4.69) is 0 Å². The van der Waals surface area contributed by atoms with E-state index in [1.54, 1.807) is 32.3 Å². The highest BCUT2D eigenvalue weighted by Gasteiger charge is 2.62. The van der Waals surface area contributed by atoms with Crippen LogP contribution in [0, 0.1) is 23.5 Å². The average molecular weight is 591 g/mol. The van der Waals surface area contributed by atoms with Crippen LogP contribution >= 0.6 is 11.6 Å². The van der Waals surface area contributed by atoms with Gasteiger partial charge in [-0.1, -0.05) is 18.5 Å². The number of alkyl halides is 3. The molecule has 2 amide bonds. The highest BCUT2D eigenvalue weighted by atomic mass is 35.5. The molecular formula is C28H32ClF5N2O4. The van der Waals surface area contributed by atoms with E-state index in [4.69, 9.17) is 16.3 Å². The predicted molar refractivity (Wildman–Crippen MR) is 139 cm³/mol. The number of benzene rings is 2. The number of carbonyl (C=O) groups is 2. The summed E-state index contributed by atoms with van der Waals surface area (Å²) >= 11 is 6.22. The number of rotatable bonds is 9. The van der Waals surface area contributed by atoms with Crippen LogP contribution in [0.5, 0.6) is 5.75 Å². The lowest BCUT2D eigenvalue weighted by atomic mass is 9.87. The number of piperidine rings is 1. The van der Waals surface area contributed by atoms with Crippen LogP contribution in [0.15, 0.2) is 36.4 Å². The molecule has 1 aliphatic heterocycles. The van der Waals surface area contributed by atoms with Gasteiger partial charge in [0.25, 0.3) is 17.4 Å². The monoisotopic (exact) mass is 590 g/mol. The first-order valence-electron chi connectivity index (χ1n) is 12.8. The molecule has 1 aliphatic rings. The molecule has 3 rings (SSSR count). The molecule has 1 fully saturated rings. The molecule has 1 N–H and O–H groups in total. The lowest BCUT2D eigenvalue weighted by Crippen LogP contribution is -2.57. The molecule has 12 heteroatoms. The molecule has 2 atom stereocenters. The van der Waals surface area contributed by atoms with Gasteiger partial charge < -0.3 is 19.6 Å². The van der Waals surface area contributed by atoms with E-state index in [1.165, 1.54) is 4.90 Å². The highest BCUT2D eigenvalue weighted by Crippen LogP contribution is 2.42. The third-order valence-corrected chi connectivity index (χ3v) is 7.39. The maximum absolute atomic E-state index is 13.9. The lowest BCUT2D eigenvalue weighted by molar-refractivity contribution is -0.262. The number of hydrogen-bond acceptors (Lipinski definition) is 4. The van der Waals surface area contributed by atoms with Crippen LogP contribution in [-0.4, -0.2) is 66.7 Å². The van der Waals surface area contributed by atoms with Gasteiger partial charge in [-0.2, -0.15) is 13.2 Å². The van der Waals surface area contributed by atoms with Crippen molar-refractivity contribution < 1.29 is 41.4 Å². The van der Waals surface area contributed by atoms with Crippen molar-refractivity contribution in [2.75, 3.05) is 33.8 Å². The van der Waals surface area contributed by atoms with Gasteiger partial charge in [0.15, 0.2) is 0 Å². The molecule has 2 aromatic carbocycles. The summed E-state index contributed by atoms with van der Waals surface area (Å²) in [5.41, 5.74) is -4.89. The summed E-state index contributed by atoms with van der Waals surface area (Å²) in [7, 11) is 3.26. The number of amides is 2. The van der Waals surface area contributed by atoms with E-state index >= 15 is 0 Å². The Morgan fingerprint density at radius 2 is 1.70 bits per heavy atom. The Morgan fingerprint density at radius 3 is 2.23 bits per heavy atom. The van der Waals surface area contributed by atoms with Gasteiger partial charge in [0.05, 0.1) is 17.2 Å². The molecular weight excluding hydrogens is 559 g/mol. The van der Waals surface area contributed by atoms with E-state index in [0.29, 0.717) is 49.0 Å². The molecule has 0 aromatic heterocycles. The summed E-state index contributed by atoms with van der Waals surface area (Å²) < 4.78 is 74.7. The smallest absolute Gasteiger partial charge is 0.430 e. The second kappa shape index (κ2) is 12.7. The maximum Gasteiger partial charge on any atom is 0.430 e. The summed E-state index contributed by atoms with van der Waals surface area (Å²) in [6.07, 6.45) is -3.13. The molecule has 220 valence electrons. The molecule has 0 bridgehead atoms. The summed E-state index contributed by atoms with van der Waals surface area (Å²) in [5, 5.41) is 10.8. The molecule has 6 nitrogen and oxygen atoms in total. The SMILES string of the molecule is C[C@@H](CCC1CCN(C(=O)C(O)(c2cc(F)cc(F)c2)C(F)(F)F)CC1)COc1ccc(C(=O)N(C)C)c(Cl)c1. The predicted octanol–water partition coefficient (Wildman–Crippen LogP) is 5.80. The van der Waals surface area contributed by atoms with E-state index in [0.717, 1.165) is 17.7 Å². The molecule has 0 saturated carbocycles. The second-order valence-corrected chi connectivity index (χ2v) is 10.8. The zero-order valence-electron chi connectivity index (χ0n) is 22.4. The molecule has 0 aliphatic carbocycles. The van der Waals surface area contributed by atoms with Crippen LogP contribution in [0.25, 0.3) is 0 Å². The molecule has 1 unspecified atom stereocenters. The van der Waals surface area contributed by atoms with Gasteiger partial charge in [-0.15, -0.1) is 0 Å². The number of aliphatic hydroxyl groups is 1. The fraction of sp³-hybridized carbons (Fsp3) is 0.500. The van der Waals surface area contributed by atoms with Crippen molar-refractivity contribution in [3.05, 3.63) is 64.2 Å². The first-order chi connectivity index (χ1) is 18.6. The van der Waals surface area contributed by atoms with Crippen LogP contribution in [0.4, 0.5) is 22.0 Å². The minimum atomic E-state index is -5.48. The van der Waals surface area contributed by atoms with E-state index in [-0.39, 0.29) is 35.9 Å². The number of hydrogen-bond donors (Lipinski definition) is 1. The van der Waals surface area contributed by atoms with Crippen molar-refractivity contribution in [3.63, 3.8) is 0 Å². The summed E-state index contributed by atoms with van der Waals surface area (Å²) in [4.78, 5) is 27.3. The van der Waals surface area contributed by atoms with Crippen molar-refractivity contribution in [1.82, 2.24) is 9.80 Å². The third-order valence-electron chi connectivity index (χ3n) is 7.08. The largest absolute Gasteiger partial charge is 0.493 e. The van der Waals surface area contributed by atoms with Crippen molar-refractivity contribution >= 4 is 23.4 Å². The minimum Gasteiger partial charge on any atom is -0.493 e. The average Bonchev–Trinajstić information content (AvgIpc) is 2.88. The van der Waals surface area contributed by atoms with Crippen LogP contribution in [0.1, 0.15) is 48.5 Å². The highest BCUT2D eigenvalue weighted by molar-refractivity contribution is 6.34. The molecule has 1 heterocycles. The zero-order valence-corrected chi connectivity index (χ0v) is 23.2. The molecule has 0 radical (unpaired) electrons. The van der Waals surface area contributed by atoms with Crippen molar-refractivity contribution in [2.45, 2.75) is 44.4 Å². The topological polar surface area (TPSA) is 70.1 Å². The summed E-state index contributed by atoms with van der Waals surface area (Å²) in [6, 6.07) is 5.85. The van der Waals surface area contributed by atoms with Crippen LogP contribution in [-0.2, 0) is 10.4 Å². The number of carbonyl (C=O) groups excluding carboxylic acids is 2. The van der Waals surface area contributed by atoms with Gasteiger partial charge in [0.1, 0.15) is 17.4 Å². The Bertz CT molecular complexity index is 1200. The Hall–Kier alpha value is -2.92. The molecule has 0 spiro atoms.